The van der Waals surface area contributed by atoms with Crippen LogP contribution in [0.15, 0.2) is 77.8 Å². The zero-order valence-corrected chi connectivity index (χ0v) is 19.0. The van der Waals surface area contributed by atoms with Crippen LogP contribution in [0.25, 0.3) is 22.0 Å². The summed E-state index contributed by atoms with van der Waals surface area (Å²) < 4.78 is 66.7. The number of carboxylic acid groups (broad SMARTS) is 1. The Labute approximate surface area is 198 Å². The van der Waals surface area contributed by atoms with E-state index in [4.69, 9.17) is 16.7 Å². The molecule has 176 valence electrons. The molecule has 0 saturated carbocycles. The van der Waals surface area contributed by atoms with Gasteiger partial charge in [0, 0.05) is 18.0 Å². The Morgan fingerprint density at radius 3 is 2.29 bits per heavy atom. The summed E-state index contributed by atoms with van der Waals surface area (Å²) in [6, 6.07) is 15.1. The lowest BCUT2D eigenvalue weighted by Crippen LogP contribution is -2.12. The van der Waals surface area contributed by atoms with E-state index in [9.17, 15) is 26.4 Å². The Bertz CT molecular complexity index is 1490. The predicted molar refractivity (Wildman–Crippen MR) is 122 cm³/mol. The van der Waals surface area contributed by atoms with E-state index in [-0.39, 0.29) is 28.3 Å². The molecule has 0 aliphatic rings. The normalized spacial score (nSPS) is 12.2. The van der Waals surface area contributed by atoms with Crippen molar-refractivity contribution in [1.29, 1.82) is 0 Å². The molecule has 0 atom stereocenters. The van der Waals surface area contributed by atoms with Gasteiger partial charge in [-0.3, -0.25) is 4.79 Å². The van der Waals surface area contributed by atoms with Gasteiger partial charge in [-0.2, -0.15) is 13.2 Å². The van der Waals surface area contributed by atoms with Crippen LogP contribution in [0, 0.1) is 0 Å². The molecular weight excluding hydrogens is 491 g/mol. The number of alkyl halides is 3. The molecule has 4 aromatic rings. The Hall–Kier alpha value is -3.30. The molecule has 0 bridgehead atoms. The third kappa shape index (κ3) is 4.53. The van der Waals surface area contributed by atoms with Crippen LogP contribution in [0.5, 0.6) is 0 Å². The summed E-state index contributed by atoms with van der Waals surface area (Å²) >= 11 is 6.32. The van der Waals surface area contributed by atoms with E-state index in [1.807, 2.05) is 0 Å². The van der Waals surface area contributed by atoms with E-state index < -0.39 is 27.7 Å². The smallest absolute Gasteiger partial charge is 0.416 e. The molecule has 5 nitrogen and oxygen atoms in total. The highest BCUT2D eigenvalue weighted by Gasteiger charge is 2.30. The van der Waals surface area contributed by atoms with Crippen molar-refractivity contribution in [1.82, 2.24) is 3.97 Å². The molecule has 0 unspecified atom stereocenters. The van der Waals surface area contributed by atoms with Gasteiger partial charge in [0.05, 0.1) is 21.0 Å². The maximum atomic E-state index is 13.6. The van der Waals surface area contributed by atoms with Crippen LogP contribution in [-0.2, 0) is 27.4 Å². The molecule has 10 heteroatoms. The van der Waals surface area contributed by atoms with Crippen LogP contribution < -0.4 is 0 Å². The molecule has 3 aromatic carbocycles. The summed E-state index contributed by atoms with van der Waals surface area (Å²) in [5.74, 6) is -1.02. The van der Waals surface area contributed by atoms with Gasteiger partial charge in [0.15, 0.2) is 0 Å². The first-order chi connectivity index (χ1) is 16.0. The monoisotopic (exact) mass is 507 g/mol. The van der Waals surface area contributed by atoms with E-state index in [0.717, 1.165) is 16.1 Å². The molecule has 0 spiro atoms. The van der Waals surface area contributed by atoms with E-state index in [1.54, 1.807) is 18.2 Å². The fourth-order valence-corrected chi connectivity index (χ4v) is 5.48. The van der Waals surface area contributed by atoms with E-state index in [2.05, 4.69) is 0 Å². The molecule has 1 heterocycles. The lowest BCUT2D eigenvalue weighted by atomic mass is 10.0. The van der Waals surface area contributed by atoms with Gasteiger partial charge in [-0.15, -0.1) is 0 Å². The van der Waals surface area contributed by atoms with Crippen molar-refractivity contribution in [2.45, 2.75) is 23.9 Å². The van der Waals surface area contributed by atoms with Crippen molar-refractivity contribution in [2.75, 3.05) is 0 Å². The van der Waals surface area contributed by atoms with Crippen molar-refractivity contribution in [3.05, 3.63) is 89.1 Å². The molecule has 1 aromatic heterocycles. The van der Waals surface area contributed by atoms with E-state index >= 15 is 0 Å². The maximum absolute atomic E-state index is 13.6. The topological polar surface area (TPSA) is 76.4 Å². The molecule has 4 rings (SSSR count). The van der Waals surface area contributed by atoms with Gasteiger partial charge >= 0.3 is 12.1 Å². The highest BCUT2D eigenvalue weighted by Crippen LogP contribution is 2.34. The summed E-state index contributed by atoms with van der Waals surface area (Å²) in [6.45, 7) is 0. The molecule has 0 aliphatic heterocycles. The second kappa shape index (κ2) is 8.81. The molecule has 34 heavy (non-hydrogen) atoms. The summed E-state index contributed by atoms with van der Waals surface area (Å²) in [6.07, 6.45) is -3.19. The van der Waals surface area contributed by atoms with Gasteiger partial charge < -0.3 is 5.11 Å². The van der Waals surface area contributed by atoms with Crippen molar-refractivity contribution < 1.29 is 31.5 Å². The van der Waals surface area contributed by atoms with Gasteiger partial charge in [0.2, 0.25) is 0 Å². The highest BCUT2D eigenvalue weighted by atomic mass is 35.5. The Morgan fingerprint density at radius 1 is 0.971 bits per heavy atom. The van der Waals surface area contributed by atoms with Gasteiger partial charge in [-0.25, -0.2) is 12.4 Å². The minimum absolute atomic E-state index is 0.0912. The number of carboxylic acids is 1. The fraction of sp³-hybridized carbons (Fsp3) is 0.125. The molecule has 0 fully saturated rings. The second-order valence-corrected chi connectivity index (χ2v) is 9.81. The number of aromatic nitrogens is 1. The standard InChI is InChI=1S/C24H17ClF3NO4S/c25-21-6-2-5-20-17(9-12-22(30)31)14-29(23(20)21)34(32,33)19-4-1-3-16(13-19)15-7-10-18(11-8-15)24(26,27)28/h1-8,10-11,13-14H,9,12H2,(H,30,31). The highest BCUT2D eigenvalue weighted by molar-refractivity contribution is 7.90. The fourth-order valence-electron chi connectivity index (χ4n) is 3.71. The first kappa shape index (κ1) is 23.8. The quantitative estimate of drug-likeness (QED) is 0.335. The zero-order valence-electron chi connectivity index (χ0n) is 17.4. The number of para-hydroxylation sites is 1. The molecule has 0 amide bonds. The Balaban J connectivity index is 1.80. The number of aryl methyl sites for hydroxylation is 1. The van der Waals surface area contributed by atoms with Crippen LogP contribution in [-0.4, -0.2) is 23.5 Å². The Morgan fingerprint density at radius 2 is 1.65 bits per heavy atom. The van der Waals surface area contributed by atoms with Gasteiger partial charge in [-0.1, -0.05) is 48.0 Å². The first-order valence-electron chi connectivity index (χ1n) is 10.0. The van der Waals surface area contributed by atoms with Gasteiger partial charge in [0.1, 0.15) is 0 Å². The van der Waals surface area contributed by atoms with Crippen LogP contribution in [0.2, 0.25) is 5.02 Å². The van der Waals surface area contributed by atoms with Gasteiger partial charge in [-0.05, 0) is 53.4 Å². The maximum Gasteiger partial charge on any atom is 0.416 e. The van der Waals surface area contributed by atoms with Crippen LogP contribution in [0.4, 0.5) is 13.2 Å². The van der Waals surface area contributed by atoms with E-state index in [0.29, 0.717) is 22.1 Å². The molecule has 0 radical (unpaired) electrons. The summed E-state index contributed by atoms with van der Waals surface area (Å²) in [4.78, 5) is 10.9. The second-order valence-electron chi connectivity index (χ2n) is 7.59. The average molecular weight is 508 g/mol. The number of nitrogens with zero attached hydrogens (tertiary/aromatic N) is 1. The number of rotatable bonds is 6. The number of hydrogen-bond acceptors (Lipinski definition) is 3. The third-order valence-electron chi connectivity index (χ3n) is 5.37. The minimum atomic E-state index is -4.48. The Kier molecular flexibility index (Phi) is 6.18. The summed E-state index contributed by atoms with van der Waals surface area (Å²) in [7, 11) is -4.16. The number of halogens is 4. The summed E-state index contributed by atoms with van der Waals surface area (Å²) in [5, 5.41) is 9.74. The van der Waals surface area contributed by atoms with Crippen LogP contribution in [0.1, 0.15) is 17.5 Å². The van der Waals surface area contributed by atoms with E-state index in [1.165, 1.54) is 42.6 Å². The minimum Gasteiger partial charge on any atom is -0.481 e. The molecular formula is C24H17ClF3NO4S. The number of hydrogen-bond donors (Lipinski definition) is 1. The predicted octanol–water partition coefficient (Wildman–Crippen LogP) is 6.23. The number of aliphatic carboxylic acids is 1. The largest absolute Gasteiger partial charge is 0.481 e. The van der Waals surface area contributed by atoms with Crippen LogP contribution >= 0.6 is 11.6 Å². The zero-order chi connectivity index (χ0) is 24.7. The molecule has 0 saturated heterocycles. The number of carbonyl (C=O) groups is 1. The van der Waals surface area contributed by atoms with Crippen LogP contribution in [0.3, 0.4) is 0 Å². The van der Waals surface area contributed by atoms with Gasteiger partial charge in [0.25, 0.3) is 10.0 Å². The van der Waals surface area contributed by atoms with Crippen molar-refractivity contribution in [2.24, 2.45) is 0 Å². The molecule has 1 N–H and O–H groups in total. The first-order valence-corrected chi connectivity index (χ1v) is 11.8. The lowest BCUT2D eigenvalue weighted by molar-refractivity contribution is -0.138. The summed E-state index contributed by atoms with van der Waals surface area (Å²) in [5.41, 5.74) is 0.778. The van der Waals surface area contributed by atoms with Crippen molar-refractivity contribution in [3.8, 4) is 11.1 Å². The van der Waals surface area contributed by atoms with Crippen molar-refractivity contribution in [3.63, 3.8) is 0 Å². The molecule has 0 aliphatic carbocycles. The number of benzene rings is 3. The third-order valence-corrected chi connectivity index (χ3v) is 7.33. The van der Waals surface area contributed by atoms with Crippen molar-refractivity contribution >= 4 is 38.5 Å². The number of fused-ring (bicyclic) bond motifs is 1. The lowest BCUT2D eigenvalue weighted by Gasteiger charge is -2.11. The SMILES string of the molecule is O=C(O)CCc1cn(S(=O)(=O)c2cccc(-c3ccc(C(F)(F)F)cc3)c2)c2c(Cl)cccc12. The average Bonchev–Trinajstić information content (AvgIpc) is 3.18.